The number of aryl methyl sites for hydroxylation is 2. The molecule has 2 heterocycles. The molecule has 0 radical (unpaired) electrons. The zero-order valence-corrected chi connectivity index (χ0v) is 20.8. The molecule has 0 aliphatic rings. The Morgan fingerprint density at radius 3 is 2.53 bits per heavy atom. The number of methoxy groups -OCH3 is 1. The summed E-state index contributed by atoms with van der Waals surface area (Å²) in [5.74, 6) is 2.33. The van der Waals surface area contributed by atoms with Crippen molar-refractivity contribution in [1.29, 1.82) is 0 Å². The lowest BCUT2D eigenvalue weighted by atomic mass is 10.1. The van der Waals surface area contributed by atoms with Crippen molar-refractivity contribution in [2.75, 3.05) is 7.11 Å². The van der Waals surface area contributed by atoms with Crippen molar-refractivity contribution in [1.82, 2.24) is 15.5 Å². The molecule has 186 valence electrons. The van der Waals surface area contributed by atoms with Crippen molar-refractivity contribution in [3.05, 3.63) is 101 Å². The molecule has 2 aromatic heterocycles. The molecule has 0 spiro atoms. The summed E-state index contributed by atoms with van der Waals surface area (Å²) >= 11 is 0. The van der Waals surface area contributed by atoms with Crippen molar-refractivity contribution < 1.29 is 23.5 Å². The van der Waals surface area contributed by atoms with Crippen LogP contribution in [0.15, 0.2) is 71.5 Å². The monoisotopic (exact) mass is 487 g/mol. The summed E-state index contributed by atoms with van der Waals surface area (Å²) in [6.45, 7) is 6.35. The van der Waals surface area contributed by atoms with Crippen molar-refractivity contribution in [2.45, 2.75) is 40.0 Å². The molecule has 4 aromatic rings. The third-order valence-electron chi connectivity index (χ3n) is 5.84. The molecule has 0 aliphatic heterocycles. The Morgan fingerprint density at radius 2 is 1.81 bits per heavy atom. The summed E-state index contributed by atoms with van der Waals surface area (Å²) in [4.78, 5) is 17.0. The van der Waals surface area contributed by atoms with E-state index in [1.807, 2.05) is 57.2 Å². The Labute approximate surface area is 210 Å². The van der Waals surface area contributed by atoms with Crippen LogP contribution in [-0.2, 0) is 13.2 Å². The van der Waals surface area contributed by atoms with Crippen LogP contribution >= 0.6 is 0 Å². The van der Waals surface area contributed by atoms with E-state index >= 15 is 0 Å². The first-order valence-electron chi connectivity index (χ1n) is 11.6. The minimum Gasteiger partial charge on any atom is -0.493 e. The molecule has 1 atom stereocenters. The molecule has 1 N–H and O–H groups in total. The van der Waals surface area contributed by atoms with Gasteiger partial charge in [0.2, 0.25) is 0 Å². The maximum absolute atomic E-state index is 12.9. The summed E-state index contributed by atoms with van der Waals surface area (Å²) < 4.78 is 22.5. The Hall–Kier alpha value is -4.33. The number of nitrogens with one attached hydrogen (secondary N) is 1. The van der Waals surface area contributed by atoms with Crippen LogP contribution in [0.2, 0.25) is 0 Å². The minimum absolute atomic E-state index is 0.206. The van der Waals surface area contributed by atoms with E-state index in [9.17, 15) is 4.79 Å². The van der Waals surface area contributed by atoms with Crippen LogP contribution in [0.4, 0.5) is 0 Å². The third kappa shape index (κ3) is 6.02. The molecule has 0 bridgehead atoms. The number of hydrogen-bond donors (Lipinski definition) is 1. The first-order chi connectivity index (χ1) is 17.4. The van der Waals surface area contributed by atoms with E-state index in [1.165, 1.54) is 0 Å². The lowest BCUT2D eigenvalue weighted by molar-refractivity contribution is 0.0939. The summed E-state index contributed by atoms with van der Waals surface area (Å²) in [5.41, 5.74) is 4.10. The highest BCUT2D eigenvalue weighted by Crippen LogP contribution is 2.31. The molecule has 0 fully saturated rings. The number of carbonyl (C=O) groups excluding carboxylic acids is 1. The standard InChI is InChI=1S/C28H29N3O5/c1-18(22-8-9-26(27(15-22)33-4)35-16-21-10-12-29-13-11-21)30-28(32)23-6-5-7-24(14-23)34-17-25-19(2)31-36-20(25)3/h5-15,18H,16-17H2,1-4H3,(H,30,32). The lowest BCUT2D eigenvalue weighted by Crippen LogP contribution is -2.26. The molecule has 4 rings (SSSR count). The van der Waals surface area contributed by atoms with Crippen LogP contribution in [0.5, 0.6) is 17.2 Å². The summed E-state index contributed by atoms with van der Waals surface area (Å²) in [5, 5.41) is 6.97. The minimum atomic E-state index is -0.257. The van der Waals surface area contributed by atoms with Crippen molar-refractivity contribution in [2.24, 2.45) is 0 Å². The second kappa shape index (κ2) is 11.4. The van der Waals surface area contributed by atoms with E-state index < -0.39 is 0 Å². The van der Waals surface area contributed by atoms with Crippen LogP contribution in [0.3, 0.4) is 0 Å². The van der Waals surface area contributed by atoms with E-state index in [0.29, 0.717) is 36.0 Å². The topological polar surface area (TPSA) is 95.7 Å². The van der Waals surface area contributed by atoms with Crippen molar-refractivity contribution in [3.63, 3.8) is 0 Å². The summed E-state index contributed by atoms with van der Waals surface area (Å²) in [6, 6.07) is 16.2. The van der Waals surface area contributed by atoms with Crippen molar-refractivity contribution >= 4 is 5.91 Å². The van der Waals surface area contributed by atoms with Crippen molar-refractivity contribution in [3.8, 4) is 17.2 Å². The average Bonchev–Trinajstić information content (AvgIpc) is 3.23. The second-order valence-electron chi connectivity index (χ2n) is 8.37. The quantitative estimate of drug-likeness (QED) is 0.322. The van der Waals surface area contributed by atoms with Crippen LogP contribution in [-0.4, -0.2) is 23.2 Å². The Morgan fingerprint density at radius 1 is 1.00 bits per heavy atom. The van der Waals surface area contributed by atoms with E-state index in [4.69, 9.17) is 18.7 Å². The van der Waals surface area contributed by atoms with Crippen LogP contribution in [0.25, 0.3) is 0 Å². The number of carbonyl (C=O) groups is 1. The first kappa shape index (κ1) is 24.8. The van der Waals surface area contributed by atoms with Gasteiger partial charge in [0.05, 0.1) is 24.4 Å². The highest BCUT2D eigenvalue weighted by molar-refractivity contribution is 5.94. The Balaban J connectivity index is 1.38. The summed E-state index contributed by atoms with van der Waals surface area (Å²) in [7, 11) is 1.59. The Bertz CT molecular complexity index is 1300. The van der Waals surface area contributed by atoms with E-state index in [2.05, 4.69) is 15.5 Å². The molecule has 1 amide bonds. The fourth-order valence-corrected chi connectivity index (χ4v) is 3.67. The fraction of sp³-hybridized carbons (Fsp3) is 0.250. The number of pyridine rings is 1. The molecule has 8 nitrogen and oxygen atoms in total. The number of aromatic nitrogens is 2. The number of rotatable bonds is 10. The van der Waals surface area contributed by atoms with Gasteiger partial charge >= 0.3 is 0 Å². The summed E-state index contributed by atoms with van der Waals surface area (Å²) in [6.07, 6.45) is 3.45. The second-order valence-corrected chi connectivity index (χ2v) is 8.37. The van der Waals surface area contributed by atoms with Gasteiger partial charge in [0.1, 0.15) is 24.7 Å². The largest absolute Gasteiger partial charge is 0.493 e. The normalized spacial score (nSPS) is 11.6. The number of nitrogens with zero attached hydrogens (tertiary/aromatic N) is 2. The maximum atomic E-state index is 12.9. The van der Waals surface area contributed by atoms with Gasteiger partial charge in [0.25, 0.3) is 5.91 Å². The highest BCUT2D eigenvalue weighted by Gasteiger charge is 2.16. The van der Waals surface area contributed by atoms with Gasteiger partial charge in [-0.2, -0.15) is 0 Å². The fourth-order valence-electron chi connectivity index (χ4n) is 3.67. The predicted octanol–water partition coefficient (Wildman–Crippen LogP) is 5.34. The van der Waals surface area contributed by atoms with Gasteiger partial charge in [-0.15, -0.1) is 0 Å². The number of ether oxygens (including phenoxy) is 3. The third-order valence-corrected chi connectivity index (χ3v) is 5.84. The van der Waals surface area contributed by atoms with Gasteiger partial charge in [0, 0.05) is 18.0 Å². The van der Waals surface area contributed by atoms with Crippen LogP contribution < -0.4 is 19.5 Å². The highest BCUT2D eigenvalue weighted by atomic mass is 16.5. The van der Waals surface area contributed by atoms with Gasteiger partial charge in [-0.1, -0.05) is 17.3 Å². The van der Waals surface area contributed by atoms with Gasteiger partial charge in [0.15, 0.2) is 11.5 Å². The zero-order chi connectivity index (χ0) is 25.5. The molecule has 0 aliphatic carbocycles. The lowest BCUT2D eigenvalue weighted by Gasteiger charge is -2.17. The molecule has 0 saturated carbocycles. The predicted molar refractivity (Wildman–Crippen MR) is 134 cm³/mol. The first-order valence-corrected chi connectivity index (χ1v) is 11.6. The van der Waals surface area contributed by atoms with Gasteiger partial charge in [-0.3, -0.25) is 9.78 Å². The molecule has 1 unspecified atom stereocenters. The van der Waals surface area contributed by atoms with Gasteiger partial charge in [-0.25, -0.2) is 0 Å². The molecule has 2 aromatic carbocycles. The number of benzene rings is 2. The SMILES string of the molecule is COc1cc(C(C)NC(=O)c2cccc(OCc3c(C)noc3C)c2)ccc1OCc1ccncc1. The molecule has 0 saturated heterocycles. The van der Waals surface area contributed by atoms with Crippen LogP contribution in [0, 0.1) is 13.8 Å². The number of hydrogen-bond acceptors (Lipinski definition) is 7. The zero-order valence-electron chi connectivity index (χ0n) is 20.8. The molecular weight excluding hydrogens is 458 g/mol. The van der Waals surface area contributed by atoms with E-state index in [0.717, 1.165) is 28.1 Å². The van der Waals surface area contributed by atoms with Gasteiger partial charge < -0.3 is 24.1 Å². The Kier molecular flexibility index (Phi) is 7.85. The smallest absolute Gasteiger partial charge is 0.251 e. The molecule has 36 heavy (non-hydrogen) atoms. The number of amides is 1. The molecule has 8 heteroatoms. The average molecular weight is 488 g/mol. The van der Waals surface area contributed by atoms with E-state index in [1.54, 1.807) is 37.7 Å². The maximum Gasteiger partial charge on any atom is 0.251 e. The van der Waals surface area contributed by atoms with Gasteiger partial charge in [-0.05, 0) is 74.4 Å². The van der Waals surface area contributed by atoms with E-state index in [-0.39, 0.29) is 11.9 Å². The van der Waals surface area contributed by atoms with Crippen LogP contribution in [0.1, 0.15) is 51.5 Å². The molecular formula is C28H29N3O5.